The van der Waals surface area contributed by atoms with Crippen LogP contribution in [-0.4, -0.2) is 19.3 Å². The van der Waals surface area contributed by atoms with Gasteiger partial charge in [0.2, 0.25) is 0 Å². The van der Waals surface area contributed by atoms with Crippen molar-refractivity contribution < 1.29 is 0 Å². The Morgan fingerprint density at radius 3 is 1.00 bits per heavy atom. The molecule has 2 aliphatic carbocycles. The van der Waals surface area contributed by atoms with Crippen LogP contribution in [0.25, 0.3) is 0 Å². The largest absolute Gasteiger partial charge is 0.0878 e. The summed E-state index contributed by atoms with van der Waals surface area (Å²) in [7, 11) is 0. The highest BCUT2D eigenvalue weighted by Crippen LogP contribution is 2.62. The Balaban J connectivity index is 2.27. The van der Waals surface area contributed by atoms with Crippen LogP contribution in [0, 0.1) is 10.8 Å². The SMILES string of the molecule is CC12CC(Br)C(Br)CC1(C)CC(Br)C(Br)C2. The molecular weight excluding hydrogens is 464 g/mol. The van der Waals surface area contributed by atoms with E-state index in [-0.39, 0.29) is 0 Å². The van der Waals surface area contributed by atoms with Crippen LogP contribution in [-0.2, 0) is 0 Å². The van der Waals surface area contributed by atoms with Crippen LogP contribution >= 0.6 is 63.7 Å². The number of hydrogen-bond acceptors (Lipinski definition) is 0. The Kier molecular flexibility index (Phi) is 4.29. The molecule has 0 bridgehead atoms. The number of alkyl halides is 4. The number of rotatable bonds is 0. The lowest BCUT2D eigenvalue weighted by molar-refractivity contribution is -0.0127. The summed E-state index contributed by atoms with van der Waals surface area (Å²) in [4.78, 5) is 2.49. The molecule has 0 saturated heterocycles. The first-order chi connectivity index (χ1) is 7.27. The first-order valence-corrected chi connectivity index (χ1v) is 9.50. The molecule has 2 aliphatic rings. The second kappa shape index (κ2) is 4.79. The molecule has 4 heteroatoms. The van der Waals surface area contributed by atoms with Gasteiger partial charge in [-0.2, -0.15) is 0 Å². The average molecular weight is 482 g/mol. The van der Waals surface area contributed by atoms with Gasteiger partial charge in [0, 0.05) is 19.3 Å². The highest BCUT2D eigenvalue weighted by molar-refractivity contribution is 9.12. The first kappa shape index (κ1) is 14.3. The molecule has 0 aromatic rings. The molecule has 2 saturated carbocycles. The molecule has 16 heavy (non-hydrogen) atoms. The van der Waals surface area contributed by atoms with Gasteiger partial charge >= 0.3 is 0 Å². The molecule has 94 valence electrons. The summed E-state index contributed by atoms with van der Waals surface area (Å²) < 4.78 is 0. The lowest BCUT2D eigenvalue weighted by Gasteiger charge is -2.58. The van der Waals surface area contributed by atoms with E-state index >= 15 is 0 Å². The zero-order valence-electron chi connectivity index (χ0n) is 9.65. The Hall–Kier alpha value is 1.92. The fourth-order valence-corrected chi connectivity index (χ4v) is 6.99. The number of halogens is 4. The third-order valence-electron chi connectivity index (χ3n) is 4.82. The van der Waals surface area contributed by atoms with E-state index in [1.807, 2.05) is 0 Å². The van der Waals surface area contributed by atoms with E-state index in [0.29, 0.717) is 30.1 Å². The highest BCUT2D eigenvalue weighted by Gasteiger charge is 2.55. The summed E-state index contributed by atoms with van der Waals surface area (Å²) in [6.45, 7) is 4.96. The fourth-order valence-electron chi connectivity index (χ4n) is 3.39. The maximum atomic E-state index is 3.84. The van der Waals surface area contributed by atoms with Crippen molar-refractivity contribution in [1.82, 2.24) is 0 Å². The maximum Gasteiger partial charge on any atom is 0.0276 e. The third-order valence-corrected chi connectivity index (χ3v) is 10.1. The third kappa shape index (κ3) is 2.34. The lowest BCUT2D eigenvalue weighted by atomic mass is 9.52. The van der Waals surface area contributed by atoms with E-state index < -0.39 is 0 Å². The molecule has 4 unspecified atom stereocenters. The van der Waals surface area contributed by atoms with Crippen LogP contribution in [0.2, 0.25) is 0 Å². The van der Waals surface area contributed by atoms with Crippen molar-refractivity contribution in [2.24, 2.45) is 10.8 Å². The molecule has 0 aromatic heterocycles. The van der Waals surface area contributed by atoms with Crippen molar-refractivity contribution in [3.63, 3.8) is 0 Å². The molecule has 0 heterocycles. The van der Waals surface area contributed by atoms with Gasteiger partial charge in [0.25, 0.3) is 0 Å². The van der Waals surface area contributed by atoms with Crippen molar-refractivity contribution in [3.05, 3.63) is 0 Å². The van der Waals surface area contributed by atoms with Crippen molar-refractivity contribution in [3.8, 4) is 0 Å². The summed E-state index contributed by atoms with van der Waals surface area (Å²) >= 11 is 15.3. The van der Waals surface area contributed by atoms with Crippen molar-refractivity contribution >= 4 is 63.7 Å². The smallest absolute Gasteiger partial charge is 0.0276 e. The van der Waals surface area contributed by atoms with Gasteiger partial charge in [-0.3, -0.25) is 0 Å². The Morgan fingerprint density at radius 1 is 0.625 bits per heavy atom. The van der Waals surface area contributed by atoms with Gasteiger partial charge in [0.05, 0.1) is 0 Å². The second-order valence-corrected chi connectivity index (χ2v) is 10.7. The molecule has 0 nitrogen and oxygen atoms in total. The van der Waals surface area contributed by atoms with Crippen molar-refractivity contribution in [2.45, 2.75) is 58.8 Å². The van der Waals surface area contributed by atoms with Gasteiger partial charge < -0.3 is 0 Å². The summed E-state index contributed by atoms with van der Waals surface area (Å²) in [6.07, 6.45) is 5.12. The Labute approximate surface area is 132 Å². The Bertz CT molecular complexity index is 230. The minimum absolute atomic E-state index is 0.462. The van der Waals surface area contributed by atoms with E-state index in [2.05, 4.69) is 77.6 Å². The predicted octanol–water partition coefficient (Wildman–Crippen LogP) is 5.64. The standard InChI is InChI=1S/C12H18Br4/c1-11-3-7(13)9(15)5-12(11,2)6-10(16)8(14)4-11/h7-10H,3-6H2,1-2H3. The molecule has 0 aliphatic heterocycles. The molecule has 0 N–H and O–H groups in total. The van der Waals surface area contributed by atoms with E-state index in [9.17, 15) is 0 Å². The second-order valence-electron chi connectivity index (χ2n) is 6.00. The summed E-state index contributed by atoms with van der Waals surface area (Å²) in [5.41, 5.74) is 0.924. The van der Waals surface area contributed by atoms with Gasteiger partial charge in [-0.05, 0) is 36.5 Å². The quantitative estimate of drug-likeness (QED) is 0.393. The molecular formula is C12H18Br4. The van der Waals surface area contributed by atoms with E-state index in [4.69, 9.17) is 0 Å². The van der Waals surface area contributed by atoms with Gasteiger partial charge in [-0.15, -0.1) is 0 Å². The number of fused-ring (bicyclic) bond motifs is 1. The van der Waals surface area contributed by atoms with Gasteiger partial charge in [-0.1, -0.05) is 77.6 Å². The fraction of sp³-hybridized carbons (Fsp3) is 1.00. The lowest BCUT2D eigenvalue weighted by Crippen LogP contribution is -2.54. The summed E-state index contributed by atoms with van der Waals surface area (Å²) in [5, 5.41) is 0. The number of hydrogen-bond donors (Lipinski definition) is 0. The van der Waals surface area contributed by atoms with E-state index in [0.717, 1.165) is 0 Å². The monoisotopic (exact) mass is 478 g/mol. The van der Waals surface area contributed by atoms with Crippen LogP contribution in [0.5, 0.6) is 0 Å². The zero-order chi connectivity index (χ0) is 12.1. The maximum absolute atomic E-state index is 3.84. The zero-order valence-corrected chi connectivity index (χ0v) is 16.0. The van der Waals surface area contributed by atoms with E-state index in [1.165, 1.54) is 25.7 Å². The topological polar surface area (TPSA) is 0 Å². The molecule has 2 fully saturated rings. The van der Waals surface area contributed by atoms with Gasteiger partial charge in [-0.25, -0.2) is 0 Å². The van der Waals surface area contributed by atoms with E-state index in [1.54, 1.807) is 0 Å². The van der Waals surface area contributed by atoms with Crippen LogP contribution < -0.4 is 0 Å². The Morgan fingerprint density at radius 2 is 0.812 bits per heavy atom. The normalized spacial score (nSPS) is 58.1. The first-order valence-electron chi connectivity index (χ1n) is 5.84. The van der Waals surface area contributed by atoms with Crippen molar-refractivity contribution in [2.75, 3.05) is 0 Å². The molecule has 0 amide bonds. The van der Waals surface area contributed by atoms with Gasteiger partial charge in [0.15, 0.2) is 0 Å². The molecule has 0 radical (unpaired) electrons. The van der Waals surface area contributed by atoms with Crippen LogP contribution in [0.4, 0.5) is 0 Å². The van der Waals surface area contributed by atoms with Gasteiger partial charge in [0.1, 0.15) is 0 Å². The van der Waals surface area contributed by atoms with Crippen molar-refractivity contribution in [1.29, 1.82) is 0 Å². The molecule has 4 atom stereocenters. The molecule has 2 rings (SSSR count). The van der Waals surface area contributed by atoms with Crippen LogP contribution in [0.1, 0.15) is 39.5 Å². The summed E-state index contributed by atoms with van der Waals surface area (Å²) in [5.74, 6) is 0. The highest BCUT2D eigenvalue weighted by atomic mass is 79.9. The average Bonchev–Trinajstić information content (AvgIpc) is 2.12. The minimum atomic E-state index is 0.462. The molecule has 0 aromatic carbocycles. The van der Waals surface area contributed by atoms with Crippen LogP contribution in [0.3, 0.4) is 0 Å². The van der Waals surface area contributed by atoms with Crippen LogP contribution in [0.15, 0.2) is 0 Å². The predicted molar refractivity (Wildman–Crippen MR) is 85.5 cm³/mol. The minimum Gasteiger partial charge on any atom is -0.0878 e. The molecule has 0 spiro atoms. The summed E-state index contributed by atoms with van der Waals surface area (Å²) in [6, 6.07) is 0.